The fraction of sp³-hybridized carbons (Fsp3) is 0.250. The molecule has 1 aromatic carbocycles. The molecule has 0 saturated carbocycles. The van der Waals surface area contributed by atoms with Crippen LogP contribution in [-0.2, 0) is 0 Å². The molecule has 0 aliphatic rings. The number of halogens is 1. The Morgan fingerprint density at radius 3 is 2.76 bits per heavy atom. The van der Waals surface area contributed by atoms with Gasteiger partial charge in [-0.25, -0.2) is 4.98 Å². The van der Waals surface area contributed by atoms with Gasteiger partial charge in [-0.15, -0.1) is 0 Å². The minimum atomic E-state index is -0.0802. The van der Waals surface area contributed by atoms with Crippen molar-refractivity contribution in [3.63, 3.8) is 0 Å². The summed E-state index contributed by atoms with van der Waals surface area (Å²) in [6.07, 6.45) is 1.64. The van der Waals surface area contributed by atoms with Crippen LogP contribution in [0.2, 0.25) is 0 Å². The van der Waals surface area contributed by atoms with Crippen molar-refractivity contribution in [1.29, 1.82) is 0 Å². The lowest BCUT2D eigenvalue weighted by molar-refractivity contribution is 0.0772. The van der Waals surface area contributed by atoms with Crippen LogP contribution in [0, 0.1) is 6.92 Å². The molecule has 21 heavy (non-hydrogen) atoms. The molecule has 1 amide bonds. The van der Waals surface area contributed by atoms with Gasteiger partial charge in [0.25, 0.3) is 5.91 Å². The number of rotatable bonds is 5. The normalized spacial score (nSPS) is 10.2. The number of para-hydroxylation sites is 1. The molecule has 2 aromatic rings. The highest BCUT2D eigenvalue weighted by atomic mass is 79.9. The van der Waals surface area contributed by atoms with Crippen LogP contribution in [0.25, 0.3) is 0 Å². The van der Waals surface area contributed by atoms with Crippen LogP contribution in [0.5, 0.6) is 5.75 Å². The molecular weight excluding hydrogens is 332 g/mol. The van der Waals surface area contributed by atoms with Gasteiger partial charge in [-0.2, -0.15) is 0 Å². The summed E-state index contributed by atoms with van der Waals surface area (Å²) in [4.78, 5) is 18.0. The summed E-state index contributed by atoms with van der Waals surface area (Å²) < 4.78 is 6.26. The number of hydrogen-bond acceptors (Lipinski definition) is 3. The highest BCUT2D eigenvalue weighted by Gasteiger charge is 2.15. The zero-order valence-corrected chi connectivity index (χ0v) is 13.6. The molecule has 1 heterocycles. The Kier molecular flexibility index (Phi) is 5.33. The van der Waals surface area contributed by atoms with Crippen molar-refractivity contribution in [1.82, 2.24) is 9.88 Å². The van der Waals surface area contributed by atoms with E-state index in [4.69, 9.17) is 4.74 Å². The van der Waals surface area contributed by atoms with Crippen molar-refractivity contribution in [3.8, 4) is 5.75 Å². The second-order valence-electron chi connectivity index (χ2n) is 4.68. The van der Waals surface area contributed by atoms with Gasteiger partial charge in [0.2, 0.25) is 0 Å². The number of carbonyl (C=O) groups is 1. The van der Waals surface area contributed by atoms with Gasteiger partial charge in [-0.1, -0.05) is 18.2 Å². The molecule has 0 saturated heterocycles. The summed E-state index contributed by atoms with van der Waals surface area (Å²) >= 11 is 3.29. The molecule has 1 aromatic heterocycles. The number of nitrogens with zero attached hydrogens (tertiary/aromatic N) is 2. The molecule has 0 aliphatic heterocycles. The van der Waals surface area contributed by atoms with Crippen LogP contribution in [0.1, 0.15) is 15.9 Å². The van der Waals surface area contributed by atoms with Gasteiger partial charge in [-0.3, -0.25) is 4.79 Å². The second-order valence-corrected chi connectivity index (χ2v) is 5.43. The Bertz CT molecular complexity index is 631. The average Bonchev–Trinajstić information content (AvgIpc) is 2.49. The average molecular weight is 349 g/mol. The number of likely N-dealkylation sites (N-methyl/N-ethyl adjacent to an activating group) is 1. The summed E-state index contributed by atoms with van der Waals surface area (Å²) in [6.45, 7) is 2.95. The monoisotopic (exact) mass is 348 g/mol. The first-order valence-electron chi connectivity index (χ1n) is 6.64. The SMILES string of the molecule is Cc1ccccc1OCCN(C)C(=O)c1cccnc1Br. The van der Waals surface area contributed by atoms with E-state index in [9.17, 15) is 4.79 Å². The summed E-state index contributed by atoms with van der Waals surface area (Å²) in [5, 5.41) is 0. The topological polar surface area (TPSA) is 42.4 Å². The highest BCUT2D eigenvalue weighted by Crippen LogP contribution is 2.17. The number of benzene rings is 1. The molecule has 4 nitrogen and oxygen atoms in total. The number of pyridine rings is 1. The zero-order valence-electron chi connectivity index (χ0n) is 12.0. The predicted octanol–water partition coefficient (Wildman–Crippen LogP) is 3.30. The van der Waals surface area contributed by atoms with Crippen molar-refractivity contribution >= 4 is 21.8 Å². The molecular formula is C16H17BrN2O2. The van der Waals surface area contributed by atoms with Crippen molar-refractivity contribution in [2.45, 2.75) is 6.92 Å². The predicted molar refractivity (Wildman–Crippen MR) is 85.6 cm³/mol. The third-order valence-corrected chi connectivity index (χ3v) is 3.75. The van der Waals surface area contributed by atoms with Crippen LogP contribution in [0.4, 0.5) is 0 Å². The fourth-order valence-electron chi connectivity index (χ4n) is 1.86. The maximum Gasteiger partial charge on any atom is 0.256 e. The molecule has 0 aliphatic carbocycles. The van der Waals surface area contributed by atoms with E-state index in [-0.39, 0.29) is 5.91 Å². The molecule has 0 bridgehead atoms. The maximum absolute atomic E-state index is 12.3. The molecule has 0 unspecified atom stereocenters. The van der Waals surface area contributed by atoms with Crippen LogP contribution in [0.3, 0.4) is 0 Å². The first-order valence-corrected chi connectivity index (χ1v) is 7.43. The van der Waals surface area contributed by atoms with Crippen LogP contribution < -0.4 is 4.74 Å². The van der Waals surface area contributed by atoms with E-state index in [1.165, 1.54) is 0 Å². The van der Waals surface area contributed by atoms with E-state index in [2.05, 4.69) is 20.9 Å². The molecule has 0 N–H and O–H groups in total. The molecule has 0 fully saturated rings. The molecule has 110 valence electrons. The number of carbonyl (C=O) groups excluding carboxylic acids is 1. The first-order chi connectivity index (χ1) is 10.1. The second kappa shape index (κ2) is 7.22. The number of ether oxygens (including phenoxy) is 1. The summed E-state index contributed by atoms with van der Waals surface area (Å²) in [6, 6.07) is 11.3. The molecule has 0 spiro atoms. The summed E-state index contributed by atoms with van der Waals surface area (Å²) in [5.41, 5.74) is 1.64. The zero-order chi connectivity index (χ0) is 15.2. The van der Waals surface area contributed by atoms with E-state index >= 15 is 0 Å². The Hall–Kier alpha value is -1.88. The number of amides is 1. The quantitative estimate of drug-likeness (QED) is 0.778. The number of aromatic nitrogens is 1. The van der Waals surface area contributed by atoms with Gasteiger partial charge in [-0.05, 0) is 46.6 Å². The largest absolute Gasteiger partial charge is 0.491 e. The van der Waals surface area contributed by atoms with Crippen molar-refractivity contribution < 1.29 is 9.53 Å². The summed E-state index contributed by atoms with van der Waals surface area (Å²) in [5.74, 6) is 0.768. The maximum atomic E-state index is 12.3. The van der Waals surface area contributed by atoms with E-state index in [0.29, 0.717) is 23.3 Å². The number of hydrogen-bond donors (Lipinski definition) is 0. The smallest absolute Gasteiger partial charge is 0.256 e. The van der Waals surface area contributed by atoms with Gasteiger partial charge in [0.05, 0.1) is 12.1 Å². The van der Waals surface area contributed by atoms with Crippen molar-refractivity contribution in [2.75, 3.05) is 20.2 Å². The lowest BCUT2D eigenvalue weighted by atomic mass is 10.2. The Morgan fingerprint density at radius 2 is 2.05 bits per heavy atom. The number of aryl methyl sites for hydroxylation is 1. The molecule has 2 rings (SSSR count). The van der Waals surface area contributed by atoms with Gasteiger partial charge in [0.15, 0.2) is 0 Å². The van der Waals surface area contributed by atoms with Gasteiger partial charge in [0, 0.05) is 13.2 Å². The van der Waals surface area contributed by atoms with Crippen LogP contribution in [0.15, 0.2) is 47.2 Å². The van der Waals surface area contributed by atoms with Crippen LogP contribution >= 0.6 is 15.9 Å². The van der Waals surface area contributed by atoms with E-state index in [1.54, 1.807) is 30.3 Å². The minimum absolute atomic E-state index is 0.0802. The Morgan fingerprint density at radius 1 is 1.29 bits per heavy atom. The fourth-order valence-corrected chi connectivity index (χ4v) is 2.28. The van der Waals surface area contributed by atoms with E-state index in [1.807, 2.05) is 31.2 Å². The molecule has 5 heteroatoms. The third-order valence-electron chi connectivity index (χ3n) is 3.11. The third kappa shape index (κ3) is 4.04. The standard InChI is InChI=1S/C16H17BrN2O2/c1-12-6-3-4-8-14(12)21-11-10-19(2)16(20)13-7-5-9-18-15(13)17/h3-9H,10-11H2,1-2H3. The van der Waals surface area contributed by atoms with Crippen LogP contribution in [-0.4, -0.2) is 36.0 Å². The lowest BCUT2D eigenvalue weighted by Gasteiger charge is -2.18. The Labute approximate surface area is 132 Å². The lowest BCUT2D eigenvalue weighted by Crippen LogP contribution is -2.31. The molecule has 0 atom stereocenters. The first kappa shape index (κ1) is 15.5. The van der Waals surface area contributed by atoms with Crippen molar-refractivity contribution in [3.05, 3.63) is 58.3 Å². The highest BCUT2D eigenvalue weighted by molar-refractivity contribution is 9.10. The molecule has 0 radical (unpaired) electrons. The van der Waals surface area contributed by atoms with Gasteiger partial charge in [0.1, 0.15) is 17.0 Å². The van der Waals surface area contributed by atoms with Gasteiger partial charge >= 0.3 is 0 Å². The van der Waals surface area contributed by atoms with Crippen molar-refractivity contribution in [2.24, 2.45) is 0 Å². The van der Waals surface area contributed by atoms with E-state index in [0.717, 1.165) is 11.3 Å². The summed E-state index contributed by atoms with van der Waals surface area (Å²) in [7, 11) is 1.75. The minimum Gasteiger partial charge on any atom is -0.491 e. The Balaban J connectivity index is 1.90. The van der Waals surface area contributed by atoms with Gasteiger partial charge < -0.3 is 9.64 Å². The van der Waals surface area contributed by atoms with E-state index < -0.39 is 0 Å².